The first kappa shape index (κ1) is 7.66. The lowest BCUT2D eigenvalue weighted by atomic mass is 10.1. The van der Waals surface area contributed by atoms with Crippen molar-refractivity contribution >= 4 is 0 Å². The summed E-state index contributed by atoms with van der Waals surface area (Å²) >= 11 is 0. The van der Waals surface area contributed by atoms with Gasteiger partial charge in [-0.1, -0.05) is 12.1 Å². The molecule has 1 aromatic rings. The highest BCUT2D eigenvalue weighted by atomic mass is 16.3. The van der Waals surface area contributed by atoms with Gasteiger partial charge in [-0.25, -0.2) is 0 Å². The van der Waals surface area contributed by atoms with Crippen LogP contribution in [0.2, 0.25) is 0 Å². The van der Waals surface area contributed by atoms with Crippen LogP contribution in [-0.4, -0.2) is 5.11 Å². The molecule has 0 atom stereocenters. The number of rotatable bonds is 2. The summed E-state index contributed by atoms with van der Waals surface area (Å²) in [5.74, 6) is 1.33. The molecule has 0 heterocycles. The van der Waals surface area contributed by atoms with Gasteiger partial charge in [-0.15, -0.1) is 0 Å². The lowest BCUT2D eigenvalue weighted by molar-refractivity contribution is 0.470. The second-order valence-corrected chi connectivity index (χ2v) is 3.77. The summed E-state index contributed by atoms with van der Waals surface area (Å²) in [5, 5.41) is 9.43. The Morgan fingerprint density at radius 1 is 1.42 bits per heavy atom. The van der Waals surface area contributed by atoms with Gasteiger partial charge in [0, 0.05) is 0 Å². The van der Waals surface area contributed by atoms with Crippen LogP contribution >= 0.6 is 0 Å². The van der Waals surface area contributed by atoms with E-state index >= 15 is 0 Å². The van der Waals surface area contributed by atoms with Gasteiger partial charge in [-0.2, -0.15) is 0 Å². The minimum atomic E-state index is 0.438. The fraction of sp³-hybridized carbons (Fsp3) is 0.455. The van der Waals surface area contributed by atoms with Gasteiger partial charge in [-0.05, 0) is 49.3 Å². The van der Waals surface area contributed by atoms with Gasteiger partial charge in [0.15, 0.2) is 0 Å². The number of hydrogen-bond donors (Lipinski definition) is 1. The third-order valence-electron chi connectivity index (χ3n) is 2.49. The van der Waals surface area contributed by atoms with Gasteiger partial charge < -0.3 is 5.11 Å². The third kappa shape index (κ3) is 1.60. The second-order valence-electron chi connectivity index (χ2n) is 3.77. The highest BCUT2D eigenvalue weighted by molar-refractivity contribution is 5.35. The van der Waals surface area contributed by atoms with Crippen molar-refractivity contribution in [1.82, 2.24) is 0 Å². The Morgan fingerprint density at radius 2 is 2.17 bits per heavy atom. The Balaban J connectivity index is 2.15. The first-order valence-electron chi connectivity index (χ1n) is 4.54. The molecule has 0 spiro atoms. The summed E-state index contributed by atoms with van der Waals surface area (Å²) in [6.07, 6.45) is 3.89. The van der Waals surface area contributed by atoms with Gasteiger partial charge in [-0.3, -0.25) is 0 Å². The standard InChI is InChI=1S/C11H14O/c1-8-2-3-10(7-11(8)12)6-9-4-5-9/h2-3,7,9,12H,4-6H2,1H3. The average Bonchev–Trinajstić information content (AvgIpc) is 2.81. The molecule has 64 valence electrons. The van der Waals surface area contributed by atoms with E-state index in [1.807, 2.05) is 19.1 Å². The Morgan fingerprint density at radius 3 is 2.75 bits per heavy atom. The number of phenols is 1. The Kier molecular flexibility index (Phi) is 1.80. The molecular formula is C11H14O. The Bertz CT molecular complexity index is 287. The van der Waals surface area contributed by atoms with Crippen LogP contribution in [0.1, 0.15) is 24.0 Å². The van der Waals surface area contributed by atoms with Gasteiger partial charge in [0.25, 0.3) is 0 Å². The number of benzene rings is 1. The molecule has 0 amide bonds. The summed E-state index contributed by atoms with van der Waals surface area (Å²) in [5.41, 5.74) is 2.25. The van der Waals surface area contributed by atoms with Crippen molar-refractivity contribution in [2.75, 3.05) is 0 Å². The van der Waals surface area contributed by atoms with Gasteiger partial charge >= 0.3 is 0 Å². The third-order valence-corrected chi connectivity index (χ3v) is 2.49. The monoisotopic (exact) mass is 162 g/mol. The van der Waals surface area contributed by atoms with E-state index in [2.05, 4.69) is 6.07 Å². The quantitative estimate of drug-likeness (QED) is 0.708. The molecule has 1 saturated carbocycles. The lowest BCUT2D eigenvalue weighted by Gasteiger charge is -2.02. The summed E-state index contributed by atoms with van der Waals surface area (Å²) in [6, 6.07) is 6.01. The van der Waals surface area contributed by atoms with Crippen LogP contribution in [0.25, 0.3) is 0 Å². The predicted octanol–water partition coefficient (Wildman–Crippen LogP) is 2.65. The van der Waals surface area contributed by atoms with E-state index in [1.54, 1.807) is 0 Å². The highest BCUT2D eigenvalue weighted by Gasteiger charge is 2.21. The molecule has 1 aromatic carbocycles. The zero-order chi connectivity index (χ0) is 8.55. The van der Waals surface area contributed by atoms with Crippen molar-refractivity contribution in [2.45, 2.75) is 26.2 Å². The maximum atomic E-state index is 9.43. The van der Waals surface area contributed by atoms with E-state index in [-0.39, 0.29) is 0 Å². The van der Waals surface area contributed by atoms with E-state index in [0.29, 0.717) is 5.75 Å². The normalized spacial score (nSPS) is 16.4. The molecule has 12 heavy (non-hydrogen) atoms. The minimum absolute atomic E-state index is 0.438. The first-order valence-corrected chi connectivity index (χ1v) is 4.54. The Hall–Kier alpha value is -0.980. The van der Waals surface area contributed by atoms with Crippen molar-refractivity contribution in [3.05, 3.63) is 29.3 Å². The lowest BCUT2D eigenvalue weighted by Crippen LogP contribution is -1.87. The highest BCUT2D eigenvalue weighted by Crippen LogP contribution is 2.33. The summed E-state index contributed by atoms with van der Waals surface area (Å²) in [7, 11) is 0. The fourth-order valence-corrected chi connectivity index (χ4v) is 1.44. The SMILES string of the molecule is Cc1ccc(CC2CC2)cc1O. The molecule has 2 rings (SSSR count). The molecule has 0 radical (unpaired) electrons. The van der Waals surface area contributed by atoms with E-state index in [0.717, 1.165) is 17.9 Å². The first-order chi connectivity index (χ1) is 5.75. The van der Waals surface area contributed by atoms with Crippen LogP contribution < -0.4 is 0 Å². The maximum absolute atomic E-state index is 9.43. The molecule has 0 aliphatic heterocycles. The summed E-state index contributed by atoms with van der Waals surface area (Å²) < 4.78 is 0. The molecule has 1 fully saturated rings. The van der Waals surface area contributed by atoms with Crippen LogP contribution in [0.15, 0.2) is 18.2 Å². The number of aromatic hydroxyl groups is 1. The molecule has 1 N–H and O–H groups in total. The van der Waals surface area contributed by atoms with Gasteiger partial charge in [0.2, 0.25) is 0 Å². The minimum Gasteiger partial charge on any atom is -0.508 e. The van der Waals surface area contributed by atoms with Crippen molar-refractivity contribution in [2.24, 2.45) is 5.92 Å². The van der Waals surface area contributed by atoms with Crippen molar-refractivity contribution in [1.29, 1.82) is 0 Å². The Labute approximate surface area is 73.0 Å². The predicted molar refractivity (Wildman–Crippen MR) is 49.3 cm³/mol. The van der Waals surface area contributed by atoms with Crippen LogP contribution in [-0.2, 0) is 6.42 Å². The van der Waals surface area contributed by atoms with E-state index < -0.39 is 0 Å². The largest absolute Gasteiger partial charge is 0.508 e. The molecule has 1 aliphatic rings. The molecular weight excluding hydrogens is 148 g/mol. The second kappa shape index (κ2) is 2.81. The van der Waals surface area contributed by atoms with Crippen LogP contribution in [0.3, 0.4) is 0 Å². The molecule has 0 bridgehead atoms. The fourth-order valence-electron chi connectivity index (χ4n) is 1.44. The van der Waals surface area contributed by atoms with Gasteiger partial charge in [0.05, 0.1) is 0 Å². The number of aryl methyl sites for hydroxylation is 1. The summed E-state index contributed by atoms with van der Waals surface area (Å²) in [6.45, 7) is 1.93. The number of phenolic OH excluding ortho intramolecular Hbond substituents is 1. The molecule has 0 aromatic heterocycles. The topological polar surface area (TPSA) is 20.2 Å². The maximum Gasteiger partial charge on any atom is 0.118 e. The van der Waals surface area contributed by atoms with Crippen molar-refractivity contribution in [3.63, 3.8) is 0 Å². The summed E-state index contributed by atoms with van der Waals surface area (Å²) in [4.78, 5) is 0. The van der Waals surface area contributed by atoms with Crippen LogP contribution in [0, 0.1) is 12.8 Å². The zero-order valence-electron chi connectivity index (χ0n) is 7.38. The van der Waals surface area contributed by atoms with Gasteiger partial charge in [0.1, 0.15) is 5.75 Å². The molecule has 0 saturated heterocycles. The molecule has 0 unspecified atom stereocenters. The van der Waals surface area contributed by atoms with E-state index in [1.165, 1.54) is 18.4 Å². The van der Waals surface area contributed by atoms with Crippen molar-refractivity contribution in [3.8, 4) is 5.75 Å². The van der Waals surface area contributed by atoms with E-state index in [4.69, 9.17) is 0 Å². The van der Waals surface area contributed by atoms with Crippen molar-refractivity contribution < 1.29 is 5.11 Å². The molecule has 1 nitrogen and oxygen atoms in total. The molecule has 1 aliphatic carbocycles. The van der Waals surface area contributed by atoms with Crippen LogP contribution in [0.5, 0.6) is 5.75 Å². The average molecular weight is 162 g/mol. The zero-order valence-corrected chi connectivity index (χ0v) is 7.38. The van der Waals surface area contributed by atoms with Crippen LogP contribution in [0.4, 0.5) is 0 Å². The number of hydrogen-bond acceptors (Lipinski definition) is 1. The smallest absolute Gasteiger partial charge is 0.118 e. The molecule has 1 heteroatoms. The van der Waals surface area contributed by atoms with E-state index in [9.17, 15) is 5.11 Å².